The van der Waals surface area contributed by atoms with E-state index in [4.69, 9.17) is 5.11 Å². The lowest BCUT2D eigenvalue weighted by molar-refractivity contribution is -0.137. The van der Waals surface area contributed by atoms with Crippen LogP contribution in [-0.2, 0) is 14.8 Å². The van der Waals surface area contributed by atoms with Gasteiger partial charge in [-0.05, 0) is 20.3 Å². The van der Waals surface area contributed by atoms with E-state index >= 15 is 0 Å². The molecule has 1 unspecified atom stereocenters. The summed E-state index contributed by atoms with van der Waals surface area (Å²) in [6, 6.07) is -0.511. The Morgan fingerprint density at radius 1 is 1.56 bits per heavy atom. The molecule has 0 radical (unpaired) electrons. The smallest absolute Gasteiger partial charge is 0.305 e. The molecular weight excluding hydrogens is 280 g/mol. The number of aryl methyl sites for hydroxylation is 1. The molecule has 0 saturated heterocycles. The molecule has 0 fully saturated rings. The highest BCUT2D eigenvalue weighted by atomic mass is 32.2. The van der Waals surface area contributed by atoms with Crippen molar-refractivity contribution in [3.63, 3.8) is 0 Å². The van der Waals surface area contributed by atoms with Crippen LogP contribution >= 0.6 is 11.3 Å². The first-order valence-electron chi connectivity index (χ1n) is 5.16. The number of hydrogen-bond donors (Lipinski definition) is 3. The summed E-state index contributed by atoms with van der Waals surface area (Å²) in [7, 11) is -3.77. The van der Waals surface area contributed by atoms with Crippen LogP contribution in [-0.4, -0.2) is 30.5 Å². The second-order valence-corrected chi connectivity index (χ2v) is 6.77. The van der Waals surface area contributed by atoms with E-state index in [1.54, 1.807) is 6.92 Å². The topological polar surface area (TPSA) is 116 Å². The lowest BCUT2D eigenvalue weighted by Crippen LogP contribution is -2.32. The zero-order chi connectivity index (χ0) is 13.9. The van der Waals surface area contributed by atoms with Crippen LogP contribution in [0.5, 0.6) is 0 Å². The average molecular weight is 294 g/mol. The number of H-pyrrole nitrogens is 1. The monoisotopic (exact) mass is 294 g/mol. The zero-order valence-corrected chi connectivity index (χ0v) is 11.5. The summed E-state index contributed by atoms with van der Waals surface area (Å²) in [5.41, 5.74) is 0.280. The number of aromatic amines is 1. The Hall–Kier alpha value is -1.19. The SMILES string of the molecule is Cc1[nH]c(=O)sc1S(=O)(=O)NC(C)CCC(=O)O. The van der Waals surface area contributed by atoms with E-state index in [2.05, 4.69) is 9.71 Å². The summed E-state index contributed by atoms with van der Waals surface area (Å²) in [5, 5.41) is 8.50. The van der Waals surface area contributed by atoms with Gasteiger partial charge in [0.2, 0.25) is 0 Å². The molecule has 3 N–H and O–H groups in total. The molecule has 18 heavy (non-hydrogen) atoms. The second kappa shape index (κ2) is 5.63. The Labute approximate surface area is 108 Å². The summed E-state index contributed by atoms with van der Waals surface area (Å²) >= 11 is 0.610. The maximum Gasteiger partial charge on any atom is 0.305 e. The Bertz CT molecular complexity index is 586. The van der Waals surface area contributed by atoms with Crippen LogP contribution in [0.3, 0.4) is 0 Å². The third-order valence-electron chi connectivity index (χ3n) is 2.17. The van der Waals surface area contributed by atoms with Crippen molar-refractivity contribution in [1.29, 1.82) is 0 Å². The molecule has 0 bridgehead atoms. The van der Waals surface area contributed by atoms with Gasteiger partial charge in [0, 0.05) is 18.2 Å². The van der Waals surface area contributed by atoms with Crippen molar-refractivity contribution >= 4 is 27.3 Å². The maximum absolute atomic E-state index is 11.9. The summed E-state index contributed by atoms with van der Waals surface area (Å²) in [6.07, 6.45) is 0.0684. The van der Waals surface area contributed by atoms with Gasteiger partial charge in [0.1, 0.15) is 0 Å². The Morgan fingerprint density at radius 2 is 2.17 bits per heavy atom. The number of thiazole rings is 1. The van der Waals surface area contributed by atoms with Crippen molar-refractivity contribution in [2.24, 2.45) is 0 Å². The van der Waals surface area contributed by atoms with Crippen LogP contribution in [0, 0.1) is 6.92 Å². The van der Waals surface area contributed by atoms with Gasteiger partial charge in [0.05, 0.1) is 0 Å². The summed E-state index contributed by atoms with van der Waals surface area (Å²) in [5.74, 6) is -0.983. The average Bonchev–Trinajstić information content (AvgIpc) is 2.55. The molecule has 102 valence electrons. The van der Waals surface area contributed by atoms with E-state index in [9.17, 15) is 18.0 Å². The highest BCUT2D eigenvalue weighted by Crippen LogP contribution is 2.16. The minimum atomic E-state index is -3.77. The number of carbonyl (C=O) groups is 1. The van der Waals surface area contributed by atoms with Crippen molar-refractivity contribution in [3.8, 4) is 0 Å². The number of carboxylic acid groups (broad SMARTS) is 1. The van der Waals surface area contributed by atoms with Crippen LogP contribution in [0.25, 0.3) is 0 Å². The molecule has 9 heteroatoms. The summed E-state index contributed by atoms with van der Waals surface area (Å²) in [4.78, 5) is 23.4. The van der Waals surface area contributed by atoms with Crippen molar-refractivity contribution in [1.82, 2.24) is 9.71 Å². The third kappa shape index (κ3) is 3.93. The van der Waals surface area contributed by atoms with Crippen molar-refractivity contribution < 1.29 is 18.3 Å². The van der Waals surface area contributed by atoms with Gasteiger partial charge in [0.25, 0.3) is 10.0 Å². The molecule has 0 amide bonds. The first kappa shape index (κ1) is 14.9. The van der Waals surface area contributed by atoms with E-state index < -0.39 is 26.9 Å². The molecule has 7 nitrogen and oxygen atoms in total. The number of carboxylic acids is 1. The fourth-order valence-electron chi connectivity index (χ4n) is 1.36. The fraction of sp³-hybridized carbons (Fsp3) is 0.556. The van der Waals surface area contributed by atoms with Crippen molar-refractivity contribution in [3.05, 3.63) is 15.4 Å². The van der Waals surface area contributed by atoms with E-state index in [0.717, 1.165) is 0 Å². The molecule has 1 aromatic heterocycles. The minimum absolute atomic E-state index is 0.0605. The molecule has 1 rings (SSSR count). The van der Waals surface area contributed by atoms with Crippen molar-refractivity contribution in [2.45, 2.75) is 36.9 Å². The van der Waals surface area contributed by atoms with Gasteiger partial charge in [-0.2, -0.15) is 0 Å². The first-order chi connectivity index (χ1) is 8.22. The Morgan fingerprint density at radius 3 is 2.61 bits per heavy atom. The highest BCUT2D eigenvalue weighted by Gasteiger charge is 2.22. The molecular formula is C9H14N2O5S2. The zero-order valence-electron chi connectivity index (χ0n) is 9.89. The molecule has 0 aliphatic carbocycles. The molecule has 0 aliphatic heterocycles. The predicted molar refractivity (Wildman–Crippen MR) is 66.3 cm³/mol. The predicted octanol–water partition coefficient (Wildman–Crippen LogP) is 0.276. The molecule has 1 heterocycles. The molecule has 1 atom stereocenters. The number of nitrogens with one attached hydrogen (secondary N) is 2. The highest BCUT2D eigenvalue weighted by molar-refractivity contribution is 7.91. The maximum atomic E-state index is 11.9. The molecule has 1 aromatic rings. The van der Waals surface area contributed by atoms with Gasteiger partial charge in [0.15, 0.2) is 4.21 Å². The molecule has 0 aromatic carbocycles. The van der Waals surface area contributed by atoms with Crippen molar-refractivity contribution in [2.75, 3.05) is 0 Å². The molecule has 0 spiro atoms. The van der Waals surface area contributed by atoms with Gasteiger partial charge in [-0.25, -0.2) is 13.1 Å². The van der Waals surface area contributed by atoms with Crippen LogP contribution in [0.4, 0.5) is 0 Å². The normalized spacial score (nSPS) is 13.4. The van der Waals surface area contributed by atoms with Gasteiger partial charge in [-0.15, -0.1) is 0 Å². The minimum Gasteiger partial charge on any atom is -0.481 e. The van der Waals surface area contributed by atoms with Gasteiger partial charge in [-0.1, -0.05) is 11.3 Å². The summed E-state index contributed by atoms with van der Waals surface area (Å²) < 4.78 is 26.1. The standard InChI is InChI=1S/C9H14N2O5S2/c1-5(3-4-7(12)13)11-18(15,16)8-6(2)10-9(14)17-8/h5,11H,3-4H2,1-2H3,(H,10,14)(H,12,13). The Balaban J connectivity index is 2.79. The fourth-order valence-corrected chi connectivity index (χ4v) is 3.96. The van der Waals surface area contributed by atoms with Crippen LogP contribution in [0.15, 0.2) is 9.00 Å². The third-order valence-corrected chi connectivity index (χ3v) is 5.37. The number of rotatable bonds is 6. The van der Waals surface area contributed by atoms with Gasteiger partial charge < -0.3 is 10.1 Å². The van der Waals surface area contributed by atoms with Crippen LogP contribution < -0.4 is 9.60 Å². The number of sulfonamides is 1. The number of aromatic nitrogens is 1. The summed E-state index contributed by atoms with van der Waals surface area (Å²) in [6.45, 7) is 3.07. The number of aliphatic carboxylic acids is 1. The molecule has 0 saturated carbocycles. The largest absolute Gasteiger partial charge is 0.481 e. The van der Waals surface area contributed by atoms with Crippen LogP contribution in [0.1, 0.15) is 25.5 Å². The molecule has 0 aliphatic rings. The Kier molecular flexibility index (Phi) is 4.65. The van der Waals surface area contributed by atoms with E-state index in [1.165, 1.54) is 6.92 Å². The first-order valence-corrected chi connectivity index (χ1v) is 7.46. The van der Waals surface area contributed by atoms with E-state index in [0.29, 0.717) is 11.3 Å². The second-order valence-electron chi connectivity index (χ2n) is 3.88. The van der Waals surface area contributed by atoms with Gasteiger partial charge in [-0.3, -0.25) is 9.59 Å². The van der Waals surface area contributed by atoms with Crippen LogP contribution in [0.2, 0.25) is 0 Å². The lowest BCUT2D eigenvalue weighted by atomic mass is 10.2. The lowest BCUT2D eigenvalue weighted by Gasteiger charge is -2.12. The van der Waals surface area contributed by atoms with E-state index in [-0.39, 0.29) is 22.7 Å². The number of hydrogen-bond acceptors (Lipinski definition) is 5. The quantitative estimate of drug-likeness (QED) is 0.696. The van der Waals surface area contributed by atoms with E-state index in [1.807, 2.05) is 0 Å². The van der Waals surface area contributed by atoms with Gasteiger partial charge >= 0.3 is 10.8 Å².